The second kappa shape index (κ2) is 4.12. The lowest BCUT2D eigenvalue weighted by atomic mass is 10.0. The van der Waals surface area contributed by atoms with Crippen molar-refractivity contribution >= 4 is 6.21 Å². The Balaban J connectivity index is 2.54. The molecule has 0 aromatic heterocycles. The maximum Gasteiger partial charge on any atom is 0.0332 e. The minimum absolute atomic E-state index is 0.768. The average molecular weight is 149 g/mol. The molecule has 1 heterocycles. The molecule has 0 fully saturated rings. The minimum atomic E-state index is 0.768. The van der Waals surface area contributed by atoms with E-state index in [1.54, 1.807) is 0 Å². The largest absolute Gasteiger partial charge is 0.262 e. The van der Waals surface area contributed by atoms with Crippen molar-refractivity contribution in [1.82, 2.24) is 0 Å². The van der Waals surface area contributed by atoms with E-state index in [1.807, 2.05) is 12.3 Å². The second-order valence-electron chi connectivity index (χ2n) is 3.15. The summed E-state index contributed by atoms with van der Waals surface area (Å²) in [5.41, 5.74) is 1.00. The summed E-state index contributed by atoms with van der Waals surface area (Å²) in [6, 6.07) is 0. The smallest absolute Gasteiger partial charge is 0.0332 e. The Morgan fingerprint density at radius 2 is 2.45 bits per heavy atom. The maximum atomic E-state index is 4.17. The molecule has 1 aliphatic heterocycles. The zero-order chi connectivity index (χ0) is 8.10. The molecule has 1 rings (SSSR count). The van der Waals surface area contributed by atoms with Gasteiger partial charge in [0.25, 0.3) is 0 Å². The predicted octanol–water partition coefficient (Wildman–Crippen LogP) is 2.95. The molecule has 0 aliphatic carbocycles. The molecule has 1 atom stereocenters. The Labute approximate surface area is 68.5 Å². The summed E-state index contributed by atoms with van der Waals surface area (Å²) in [5.74, 6) is 0.768. The highest BCUT2D eigenvalue weighted by Crippen LogP contribution is 2.15. The van der Waals surface area contributed by atoms with Crippen molar-refractivity contribution in [2.45, 2.75) is 26.2 Å². The first-order valence-electron chi connectivity index (χ1n) is 4.16. The summed E-state index contributed by atoms with van der Waals surface area (Å²) in [4.78, 5) is 4.17. The lowest BCUT2D eigenvalue weighted by Crippen LogP contribution is -1.91. The van der Waals surface area contributed by atoms with Gasteiger partial charge in [-0.05, 0) is 31.3 Å². The van der Waals surface area contributed by atoms with Crippen LogP contribution >= 0.6 is 0 Å². The summed E-state index contributed by atoms with van der Waals surface area (Å²) < 4.78 is 0. The van der Waals surface area contributed by atoms with Crippen molar-refractivity contribution in [1.29, 1.82) is 0 Å². The van der Waals surface area contributed by atoms with Gasteiger partial charge < -0.3 is 0 Å². The summed E-state index contributed by atoms with van der Waals surface area (Å²) in [5, 5.41) is 0. The highest BCUT2D eigenvalue weighted by atomic mass is 14.7. The van der Waals surface area contributed by atoms with Crippen LogP contribution in [0.15, 0.2) is 29.4 Å². The minimum Gasteiger partial charge on any atom is -0.262 e. The Kier molecular flexibility index (Phi) is 3.09. The molecule has 0 N–H and O–H groups in total. The zero-order valence-corrected chi connectivity index (χ0v) is 7.09. The van der Waals surface area contributed by atoms with Crippen LogP contribution in [0.3, 0.4) is 0 Å². The van der Waals surface area contributed by atoms with Gasteiger partial charge in [-0.2, -0.15) is 0 Å². The Bertz CT molecular complexity index is 189. The van der Waals surface area contributed by atoms with Crippen molar-refractivity contribution in [2.24, 2.45) is 10.9 Å². The number of hydrogen-bond donors (Lipinski definition) is 0. The summed E-state index contributed by atoms with van der Waals surface area (Å²) in [7, 11) is 0. The third kappa shape index (κ3) is 3.17. The predicted molar refractivity (Wildman–Crippen MR) is 49.8 cm³/mol. The number of nitrogens with zero attached hydrogens (tertiary/aromatic N) is 1. The molecular weight excluding hydrogens is 134 g/mol. The van der Waals surface area contributed by atoms with Crippen molar-refractivity contribution in [2.75, 3.05) is 0 Å². The van der Waals surface area contributed by atoms with Crippen LogP contribution in [0.4, 0.5) is 0 Å². The highest BCUT2D eigenvalue weighted by molar-refractivity contribution is 5.72. The molecule has 1 aliphatic rings. The van der Waals surface area contributed by atoms with E-state index in [9.17, 15) is 0 Å². The molecule has 0 spiro atoms. The lowest BCUT2D eigenvalue weighted by Gasteiger charge is -2.06. The summed E-state index contributed by atoms with van der Waals surface area (Å²) in [6.07, 6.45) is 9.43. The van der Waals surface area contributed by atoms with E-state index >= 15 is 0 Å². The molecule has 60 valence electrons. The van der Waals surface area contributed by atoms with Gasteiger partial charge in [0.15, 0.2) is 0 Å². The van der Waals surface area contributed by atoms with E-state index in [1.165, 1.54) is 12.8 Å². The monoisotopic (exact) mass is 149 g/mol. The van der Waals surface area contributed by atoms with Crippen molar-refractivity contribution in [3.63, 3.8) is 0 Å². The second-order valence-corrected chi connectivity index (χ2v) is 3.15. The van der Waals surface area contributed by atoms with E-state index in [2.05, 4.69) is 24.6 Å². The number of aliphatic imine (C=N–C) groups is 1. The van der Waals surface area contributed by atoms with E-state index in [0.717, 1.165) is 18.0 Å². The molecule has 11 heavy (non-hydrogen) atoms. The van der Waals surface area contributed by atoms with E-state index in [-0.39, 0.29) is 0 Å². The van der Waals surface area contributed by atoms with E-state index in [4.69, 9.17) is 0 Å². The topological polar surface area (TPSA) is 12.4 Å². The van der Waals surface area contributed by atoms with Gasteiger partial charge in [0.05, 0.1) is 0 Å². The molecular formula is C10H15N. The van der Waals surface area contributed by atoms with Crippen LogP contribution in [0.1, 0.15) is 26.2 Å². The lowest BCUT2D eigenvalue weighted by molar-refractivity contribution is 0.539. The van der Waals surface area contributed by atoms with Crippen LogP contribution in [-0.2, 0) is 0 Å². The average Bonchev–Trinajstić information content (AvgIpc) is 2.06. The zero-order valence-electron chi connectivity index (χ0n) is 7.09. The van der Waals surface area contributed by atoms with Gasteiger partial charge in [0.1, 0.15) is 0 Å². The Morgan fingerprint density at radius 3 is 3.27 bits per heavy atom. The van der Waals surface area contributed by atoms with Crippen LogP contribution < -0.4 is 0 Å². The van der Waals surface area contributed by atoms with Crippen molar-refractivity contribution in [3.05, 3.63) is 24.4 Å². The first kappa shape index (κ1) is 8.25. The third-order valence-corrected chi connectivity index (χ3v) is 1.94. The van der Waals surface area contributed by atoms with Crippen LogP contribution in [0.5, 0.6) is 0 Å². The quantitative estimate of drug-likeness (QED) is 0.502. The van der Waals surface area contributed by atoms with Crippen molar-refractivity contribution < 1.29 is 0 Å². The normalized spacial score (nSPS) is 28.8. The van der Waals surface area contributed by atoms with Gasteiger partial charge in [-0.25, -0.2) is 0 Å². The molecule has 0 amide bonds. The Morgan fingerprint density at radius 1 is 1.64 bits per heavy atom. The number of hydrogen-bond acceptors (Lipinski definition) is 1. The fourth-order valence-electron chi connectivity index (χ4n) is 1.12. The molecule has 1 nitrogen and oxygen atoms in total. The SMILES string of the molecule is C=C1CCC(C)C/C=C\C=N1. The summed E-state index contributed by atoms with van der Waals surface area (Å²) in [6.45, 7) is 6.13. The van der Waals surface area contributed by atoms with Gasteiger partial charge in [0, 0.05) is 11.9 Å². The van der Waals surface area contributed by atoms with Crippen LogP contribution in [0.2, 0.25) is 0 Å². The van der Waals surface area contributed by atoms with E-state index < -0.39 is 0 Å². The van der Waals surface area contributed by atoms with E-state index in [0.29, 0.717) is 0 Å². The van der Waals surface area contributed by atoms with Gasteiger partial charge in [0.2, 0.25) is 0 Å². The first-order valence-corrected chi connectivity index (χ1v) is 4.16. The van der Waals surface area contributed by atoms with Gasteiger partial charge in [-0.15, -0.1) is 0 Å². The molecule has 0 aromatic rings. The first-order chi connectivity index (χ1) is 5.29. The fourth-order valence-corrected chi connectivity index (χ4v) is 1.12. The number of rotatable bonds is 0. The maximum absolute atomic E-state index is 4.17. The Hall–Kier alpha value is -0.850. The number of allylic oxidation sites excluding steroid dienone is 3. The van der Waals surface area contributed by atoms with Gasteiger partial charge in [-0.3, -0.25) is 4.99 Å². The third-order valence-electron chi connectivity index (χ3n) is 1.94. The molecule has 0 aromatic carbocycles. The molecule has 0 saturated heterocycles. The molecule has 0 bridgehead atoms. The van der Waals surface area contributed by atoms with Crippen LogP contribution in [-0.4, -0.2) is 6.21 Å². The summed E-state index contributed by atoms with van der Waals surface area (Å²) >= 11 is 0. The van der Waals surface area contributed by atoms with Crippen molar-refractivity contribution in [3.8, 4) is 0 Å². The highest BCUT2D eigenvalue weighted by Gasteiger charge is 2.01. The van der Waals surface area contributed by atoms with Crippen LogP contribution in [0, 0.1) is 5.92 Å². The fraction of sp³-hybridized carbons (Fsp3) is 0.500. The molecule has 0 saturated carbocycles. The van der Waals surface area contributed by atoms with Gasteiger partial charge >= 0.3 is 0 Å². The van der Waals surface area contributed by atoms with Crippen LogP contribution in [0.25, 0.3) is 0 Å². The standard InChI is InChI=1S/C10H15N/c1-9-5-3-4-8-11-10(2)7-6-9/h3-4,8-9H,2,5-7H2,1H3/b4-3-,11-8?. The molecule has 1 unspecified atom stereocenters. The molecule has 0 radical (unpaired) electrons. The van der Waals surface area contributed by atoms with Gasteiger partial charge in [-0.1, -0.05) is 19.6 Å². The molecule has 1 heteroatoms.